The monoisotopic (exact) mass is 310 g/mol. The Hall–Kier alpha value is -0.630. The van der Waals surface area contributed by atoms with Gasteiger partial charge >= 0.3 is 0 Å². The number of aliphatic hydroxyl groups is 1. The molecule has 0 aliphatic heterocycles. The van der Waals surface area contributed by atoms with Gasteiger partial charge in [0.15, 0.2) is 5.78 Å². The van der Waals surface area contributed by atoms with Gasteiger partial charge in [0, 0.05) is 0 Å². The van der Waals surface area contributed by atoms with E-state index in [1.165, 1.54) is 70.6 Å². The lowest BCUT2D eigenvalue weighted by molar-refractivity contribution is -0.112. The standard InChI is InChI=1S/C20H38O2/c1-3-4-5-14-17-20(22)18-15-12-10-8-6-7-9-11-13-16-19(2)21/h13,16,20,22H,3-12,14-15,17-18H2,1-2H3. The maximum Gasteiger partial charge on any atom is 0.152 e. The smallest absolute Gasteiger partial charge is 0.152 e. The maximum atomic E-state index is 10.7. The van der Waals surface area contributed by atoms with Crippen LogP contribution < -0.4 is 0 Å². The highest BCUT2D eigenvalue weighted by Crippen LogP contribution is 2.14. The summed E-state index contributed by atoms with van der Waals surface area (Å²) in [7, 11) is 0. The van der Waals surface area contributed by atoms with Gasteiger partial charge in [-0.05, 0) is 38.7 Å². The second kappa shape index (κ2) is 16.7. The van der Waals surface area contributed by atoms with Crippen molar-refractivity contribution in [2.75, 3.05) is 0 Å². The van der Waals surface area contributed by atoms with Gasteiger partial charge in [-0.1, -0.05) is 77.2 Å². The molecule has 0 saturated heterocycles. The summed E-state index contributed by atoms with van der Waals surface area (Å²) in [6.07, 6.45) is 20.4. The first kappa shape index (κ1) is 21.4. The molecule has 1 atom stereocenters. The van der Waals surface area contributed by atoms with Gasteiger partial charge < -0.3 is 5.11 Å². The van der Waals surface area contributed by atoms with E-state index < -0.39 is 0 Å². The van der Waals surface area contributed by atoms with Crippen molar-refractivity contribution in [3.05, 3.63) is 12.2 Å². The summed E-state index contributed by atoms with van der Waals surface area (Å²) >= 11 is 0. The maximum absolute atomic E-state index is 10.7. The first-order valence-electron chi connectivity index (χ1n) is 9.52. The number of unbranched alkanes of at least 4 members (excludes halogenated alkanes) is 10. The van der Waals surface area contributed by atoms with Crippen molar-refractivity contribution >= 4 is 5.78 Å². The summed E-state index contributed by atoms with van der Waals surface area (Å²) in [6.45, 7) is 3.82. The van der Waals surface area contributed by atoms with E-state index in [-0.39, 0.29) is 11.9 Å². The van der Waals surface area contributed by atoms with Crippen LogP contribution in [-0.2, 0) is 4.79 Å². The lowest BCUT2D eigenvalue weighted by atomic mass is 10.0. The fraction of sp³-hybridized carbons (Fsp3) is 0.850. The van der Waals surface area contributed by atoms with Gasteiger partial charge in [-0.25, -0.2) is 0 Å². The van der Waals surface area contributed by atoms with Gasteiger partial charge in [0.2, 0.25) is 0 Å². The summed E-state index contributed by atoms with van der Waals surface area (Å²) in [6, 6.07) is 0. The average molecular weight is 311 g/mol. The van der Waals surface area contributed by atoms with Crippen LogP contribution in [0.1, 0.15) is 104 Å². The Morgan fingerprint density at radius 3 is 1.91 bits per heavy atom. The molecule has 0 rings (SSSR count). The molecule has 0 bridgehead atoms. The first-order chi connectivity index (χ1) is 10.7. The summed E-state index contributed by atoms with van der Waals surface area (Å²) < 4.78 is 0. The van der Waals surface area contributed by atoms with E-state index in [1.54, 1.807) is 13.0 Å². The summed E-state index contributed by atoms with van der Waals surface area (Å²) in [5.74, 6) is 0.146. The highest BCUT2D eigenvalue weighted by molar-refractivity contribution is 5.87. The van der Waals surface area contributed by atoms with Gasteiger partial charge in [-0.15, -0.1) is 0 Å². The second-order valence-corrected chi connectivity index (χ2v) is 6.57. The summed E-state index contributed by atoms with van der Waals surface area (Å²) in [4.78, 5) is 10.7. The molecule has 0 aliphatic rings. The zero-order chi connectivity index (χ0) is 16.5. The topological polar surface area (TPSA) is 37.3 Å². The molecule has 0 aromatic carbocycles. The van der Waals surface area contributed by atoms with Crippen LogP contribution in [0.25, 0.3) is 0 Å². The molecule has 0 aliphatic carbocycles. The molecule has 0 fully saturated rings. The SMILES string of the molecule is CCCCCCC(O)CCCCCCCCCC=CC(C)=O. The number of allylic oxidation sites excluding steroid dienone is 2. The minimum atomic E-state index is -0.0649. The quantitative estimate of drug-likeness (QED) is 0.281. The highest BCUT2D eigenvalue weighted by atomic mass is 16.3. The van der Waals surface area contributed by atoms with Gasteiger partial charge in [0.05, 0.1) is 6.10 Å². The number of rotatable bonds is 16. The molecule has 0 aromatic rings. The first-order valence-corrected chi connectivity index (χ1v) is 9.52. The normalized spacial score (nSPS) is 12.9. The molecule has 0 saturated carbocycles. The van der Waals surface area contributed by atoms with Crippen LogP contribution in [-0.4, -0.2) is 17.0 Å². The van der Waals surface area contributed by atoms with Crippen LogP contribution in [0.5, 0.6) is 0 Å². The fourth-order valence-electron chi connectivity index (χ4n) is 2.73. The Kier molecular flexibility index (Phi) is 16.3. The molecule has 0 heterocycles. The van der Waals surface area contributed by atoms with Crippen LogP contribution in [0.3, 0.4) is 0 Å². The third kappa shape index (κ3) is 17.4. The molecule has 0 spiro atoms. The Labute approximate surface area is 138 Å². The Balaban J connectivity index is 3.17. The molecule has 0 radical (unpaired) electrons. The van der Waals surface area contributed by atoms with E-state index >= 15 is 0 Å². The summed E-state index contributed by atoms with van der Waals surface area (Å²) in [5, 5.41) is 9.88. The van der Waals surface area contributed by atoms with E-state index in [2.05, 4.69) is 6.92 Å². The number of hydrogen-bond acceptors (Lipinski definition) is 2. The molecule has 0 aromatic heterocycles. The molecule has 0 amide bonds. The molecule has 130 valence electrons. The molecule has 2 nitrogen and oxygen atoms in total. The highest BCUT2D eigenvalue weighted by Gasteiger charge is 2.03. The van der Waals surface area contributed by atoms with E-state index in [0.717, 1.165) is 19.3 Å². The van der Waals surface area contributed by atoms with Crippen molar-refractivity contribution in [1.82, 2.24) is 0 Å². The zero-order valence-corrected chi connectivity index (χ0v) is 15.0. The Morgan fingerprint density at radius 1 is 0.864 bits per heavy atom. The van der Waals surface area contributed by atoms with Crippen LogP contribution in [0.2, 0.25) is 0 Å². The number of ketones is 1. The van der Waals surface area contributed by atoms with Crippen LogP contribution in [0.4, 0.5) is 0 Å². The fourth-order valence-corrected chi connectivity index (χ4v) is 2.73. The van der Waals surface area contributed by atoms with Crippen molar-refractivity contribution in [2.45, 2.75) is 110 Å². The van der Waals surface area contributed by atoms with E-state index in [0.29, 0.717) is 0 Å². The van der Waals surface area contributed by atoms with Gasteiger partial charge in [0.1, 0.15) is 0 Å². The molecule has 2 heteroatoms. The number of hydrogen-bond donors (Lipinski definition) is 1. The number of carbonyl (C=O) groups excluding carboxylic acids is 1. The minimum absolute atomic E-state index is 0.0649. The molecular weight excluding hydrogens is 272 g/mol. The van der Waals surface area contributed by atoms with E-state index in [9.17, 15) is 9.90 Å². The van der Waals surface area contributed by atoms with Crippen LogP contribution in [0, 0.1) is 0 Å². The lowest BCUT2D eigenvalue weighted by Gasteiger charge is -2.10. The summed E-state index contributed by atoms with van der Waals surface area (Å²) in [5.41, 5.74) is 0. The van der Waals surface area contributed by atoms with E-state index in [1.807, 2.05) is 6.08 Å². The molecule has 22 heavy (non-hydrogen) atoms. The Bertz CT molecular complexity index is 271. The number of carbonyl (C=O) groups is 1. The molecule has 1 N–H and O–H groups in total. The van der Waals surface area contributed by atoms with Gasteiger partial charge in [-0.3, -0.25) is 4.79 Å². The zero-order valence-electron chi connectivity index (χ0n) is 15.0. The predicted octanol–water partition coefficient (Wildman–Crippen LogP) is 5.97. The van der Waals surface area contributed by atoms with Gasteiger partial charge in [0.25, 0.3) is 0 Å². The van der Waals surface area contributed by atoms with Crippen LogP contribution >= 0.6 is 0 Å². The minimum Gasteiger partial charge on any atom is -0.393 e. The second-order valence-electron chi connectivity index (χ2n) is 6.57. The predicted molar refractivity (Wildman–Crippen MR) is 96.1 cm³/mol. The van der Waals surface area contributed by atoms with E-state index in [4.69, 9.17) is 0 Å². The third-order valence-corrected chi connectivity index (χ3v) is 4.15. The number of aliphatic hydroxyl groups excluding tert-OH is 1. The van der Waals surface area contributed by atoms with Crippen molar-refractivity contribution in [3.63, 3.8) is 0 Å². The Morgan fingerprint density at radius 2 is 1.36 bits per heavy atom. The van der Waals surface area contributed by atoms with Crippen molar-refractivity contribution in [3.8, 4) is 0 Å². The molecule has 1 unspecified atom stereocenters. The third-order valence-electron chi connectivity index (χ3n) is 4.15. The van der Waals surface area contributed by atoms with Crippen LogP contribution in [0.15, 0.2) is 12.2 Å². The largest absolute Gasteiger partial charge is 0.393 e. The van der Waals surface area contributed by atoms with Crippen molar-refractivity contribution < 1.29 is 9.90 Å². The van der Waals surface area contributed by atoms with Gasteiger partial charge in [-0.2, -0.15) is 0 Å². The molecular formula is C20H38O2. The lowest BCUT2D eigenvalue weighted by Crippen LogP contribution is -2.05. The van der Waals surface area contributed by atoms with Crippen molar-refractivity contribution in [1.29, 1.82) is 0 Å². The average Bonchev–Trinajstić information content (AvgIpc) is 2.49. The van der Waals surface area contributed by atoms with Crippen molar-refractivity contribution in [2.24, 2.45) is 0 Å².